The molecule has 0 radical (unpaired) electrons. The topological polar surface area (TPSA) is 73.4 Å². The largest absolute Gasteiger partial charge is 0.494 e. The Morgan fingerprint density at radius 3 is 2.47 bits per heavy atom. The lowest BCUT2D eigenvalue weighted by atomic mass is 10.0. The summed E-state index contributed by atoms with van der Waals surface area (Å²) in [7, 11) is 1.81. The van der Waals surface area contributed by atoms with Gasteiger partial charge < -0.3 is 10.0 Å². The summed E-state index contributed by atoms with van der Waals surface area (Å²) in [6, 6.07) is 19.5. The summed E-state index contributed by atoms with van der Waals surface area (Å²) in [5.41, 5.74) is 3.90. The number of rotatable bonds is 6. The zero-order valence-electron chi connectivity index (χ0n) is 16.3. The molecule has 0 saturated carbocycles. The molecule has 7 heteroatoms. The van der Waals surface area contributed by atoms with Gasteiger partial charge in [0.05, 0.1) is 11.4 Å². The van der Waals surface area contributed by atoms with Crippen molar-refractivity contribution < 1.29 is 9.90 Å². The average Bonchev–Trinajstić information content (AvgIpc) is 3.34. The Labute approximate surface area is 181 Å². The second-order valence-electron chi connectivity index (χ2n) is 6.99. The summed E-state index contributed by atoms with van der Waals surface area (Å²) in [4.78, 5) is 29.5. The standard InChI is InChI=1S/C23H20N2O3S2/c1-25(22(27)17-5-3-2-4-6-17)13-19-12-18(14-29-19)16-9-7-15(8-10-16)11-20-21(26)24-23(28)30-20/h2-10,12,14,26H,11,13H2,1H3,(H,24,28). The number of carbonyl (C=O) groups excluding carboxylic acids is 1. The Morgan fingerprint density at radius 2 is 1.80 bits per heavy atom. The molecule has 30 heavy (non-hydrogen) atoms. The molecule has 2 heterocycles. The van der Waals surface area contributed by atoms with Gasteiger partial charge in [0.25, 0.3) is 5.91 Å². The van der Waals surface area contributed by atoms with E-state index in [0.717, 1.165) is 32.9 Å². The molecule has 2 aromatic heterocycles. The van der Waals surface area contributed by atoms with Crippen molar-refractivity contribution in [2.45, 2.75) is 13.0 Å². The van der Waals surface area contributed by atoms with Crippen molar-refractivity contribution in [3.8, 4) is 17.0 Å². The van der Waals surface area contributed by atoms with Crippen LogP contribution in [0.1, 0.15) is 25.7 Å². The molecule has 0 unspecified atom stereocenters. The number of aromatic amines is 1. The average molecular weight is 437 g/mol. The number of hydrogen-bond acceptors (Lipinski definition) is 5. The number of carbonyl (C=O) groups is 1. The van der Waals surface area contributed by atoms with E-state index in [1.807, 2.05) is 61.6 Å². The van der Waals surface area contributed by atoms with Crippen molar-refractivity contribution >= 4 is 28.6 Å². The fraction of sp³-hybridized carbons (Fsp3) is 0.130. The molecule has 0 bridgehead atoms. The number of nitrogens with one attached hydrogen (secondary N) is 1. The normalized spacial score (nSPS) is 10.8. The van der Waals surface area contributed by atoms with E-state index in [2.05, 4.69) is 16.4 Å². The van der Waals surface area contributed by atoms with Gasteiger partial charge in [-0.25, -0.2) is 0 Å². The number of amides is 1. The van der Waals surface area contributed by atoms with Crippen LogP contribution in [0.5, 0.6) is 5.88 Å². The number of hydrogen-bond donors (Lipinski definition) is 2. The first kappa shape index (κ1) is 20.1. The molecule has 0 aliphatic carbocycles. The minimum absolute atomic E-state index is 0.00483. The van der Waals surface area contributed by atoms with Gasteiger partial charge in [0, 0.05) is 23.9 Å². The van der Waals surface area contributed by atoms with Crippen LogP contribution in [0.25, 0.3) is 11.1 Å². The van der Waals surface area contributed by atoms with Gasteiger partial charge in [-0.05, 0) is 40.3 Å². The smallest absolute Gasteiger partial charge is 0.307 e. The van der Waals surface area contributed by atoms with Crippen molar-refractivity contribution in [2.75, 3.05) is 7.05 Å². The Hall–Kier alpha value is -3.16. The lowest BCUT2D eigenvalue weighted by Gasteiger charge is -2.16. The first-order valence-corrected chi connectivity index (χ1v) is 11.1. The van der Waals surface area contributed by atoms with Gasteiger partial charge >= 0.3 is 4.87 Å². The zero-order valence-corrected chi connectivity index (χ0v) is 17.9. The van der Waals surface area contributed by atoms with Gasteiger partial charge in [-0.15, -0.1) is 11.3 Å². The van der Waals surface area contributed by atoms with Gasteiger partial charge in [-0.3, -0.25) is 14.6 Å². The maximum Gasteiger partial charge on any atom is 0.307 e. The molecule has 0 aliphatic rings. The Kier molecular flexibility index (Phi) is 5.83. The van der Waals surface area contributed by atoms with Crippen LogP contribution >= 0.6 is 22.7 Å². The summed E-state index contributed by atoms with van der Waals surface area (Å²) in [6.45, 7) is 0.558. The van der Waals surface area contributed by atoms with Gasteiger partial charge in [-0.2, -0.15) is 0 Å². The Morgan fingerprint density at radius 1 is 1.07 bits per heavy atom. The molecule has 0 saturated heterocycles. The molecule has 0 aliphatic heterocycles. The van der Waals surface area contributed by atoms with E-state index in [-0.39, 0.29) is 16.7 Å². The minimum atomic E-state index is -0.249. The molecule has 0 fully saturated rings. The van der Waals surface area contributed by atoms with Crippen LogP contribution in [-0.4, -0.2) is 27.9 Å². The number of thiophene rings is 1. The number of aromatic hydroxyl groups is 1. The molecular weight excluding hydrogens is 416 g/mol. The summed E-state index contributed by atoms with van der Waals surface area (Å²) >= 11 is 2.66. The van der Waals surface area contributed by atoms with E-state index >= 15 is 0 Å². The minimum Gasteiger partial charge on any atom is -0.494 e. The van der Waals surface area contributed by atoms with Crippen molar-refractivity contribution in [2.24, 2.45) is 0 Å². The van der Waals surface area contributed by atoms with Crippen LogP contribution in [0.2, 0.25) is 0 Å². The molecular formula is C23H20N2O3S2. The second-order valence-corrected chi connectivity index (χ2v) is 9.05. The van der Waals surface area contributed by atoms with Crippen molar-refractivity contribution in [3.63, 3.8) is 0 Å². The molecule has 0 atom stereocenters. The van der Waals surface area contributed by atoms with Crippen LogP contribution in [-0.2, 0) is 13.0 Å². The molecule has 4 aromatic rings. The van der Waals surface area contributed by atoms with Gasteiger partial charge in [0.2, 0.25) is 5.88 Å². The van der Waals surface area contributed by atoms with Gasteiger partial charge in [0.1, 0.15) is 0 Å². The summed E-state index contributed by atoms with van der Waals surface area (Å²) < 4.78 is 0. The molecule has 4 rings (SSSR count). The van der Waals surface area contributed by atoms with Crippen molar-refractivity contribution in [3.05, 3.63) is 96.6 Å². The second kappa shape index (κ2) is 8.69. The molecule has 2 N–H and O–H groups in total. The fourth-order valence-corrected chi connectivity index (χ4v) is 4.90. The van der Waals surface area contributed by atoms with Crippen LogP contribution < -0.4 is 4.87 Å². The van der Waals surface area contributed by atoms with Crippen LogP contribution in [0.15, 0.2) is 70.8 Å². The SMILES string of the molecule is CN(Cc1cc(-c2ccc(Cc3sc(=O)[nH]c3O)cc2)cs1)C(=O)c1ccccc1. The number of H-pyrrole nitrogens is 1. The van der Waals surface area contributed by atoms with E-state index < -0.39 is 0 Å². The van der Waals surface area contributed by atoms with Crippen LogP contribution in [0.3, 0.4) is 0 Å². The molecule has 5 nitrogen and oxygen atoms in total. The molecule has 152 valence electrons. The Bertz CT molecular complexity index is 1210. The number of nitrogens with zero attached hydrogens (tertiary/aromatic N) is 1. The van der Waals surface area contributed by atoms with Gasteiger partial charge in [0.15, 0.2) is 0 Å². The third kappa shape index (κ3) is 4.53. The quantitative estimate of drug-likeness (QED) is 0.459. The Balaban J connectivity index is 1.43. The molecule has 0 spiro atoms. The fourth-order valence-electron chi connectivity index (χ4n) is 3.19. The highest BCUT2D eigenvalue weighted by atomic mass is 32.1. The van der Waals surface area contributed by atoms with Crippen molar-refractivity contribution in [1.29, 1.82) is 0 Å². The number of benzene rings is 2. The van der Waals surface area contributed by atoms with E-state index in [1.54, 1.807) is 16.2 Å². The lowest BCUT2D eigenvalue weighted by Crippen LogP contribution is -2.25. The van der Waals surface area contributed by atoms with Crippen LogP contribution in [0, 0.1) is 0 Å². The van der Waals surface area contributed by atoms with Crippen LogP contribution in [0.4, 0.5) is 0 Å². The predicted molar refractivity (Wildman–Crippen MR) is 121 cm³/mol. The summed E-state index contributed by atoms with van der Waals surface area (Å²) in [6.07, 6.45) is 0.511. The maximum absolute atomic E-state index is 12.5. The third-order valence-corrected chi connectivity index (χ3v) is 6.56. The summed E-state index contributed by atoms with van der Waals surface area (Å²) in [5, 5.41) is 11.8. The first-order valence-electron chi connectivity index (χ1n) is 9.38. The molecule has 2 aromatic carbocycles. The summed E-state index contributed by atoms with van der Waals surface area (Å²) in [5.74, 6) is -0.0454. The highest BCUT2D eigenvalue weighted by Crippen LogP contribution is 2.28. The highest BCUT2D eigenvalue weighted by Gasteiger charge is 2.13. The molecule has 1 amide bonds. The number of thiazole rings is 1. The lowest BCUT2D eigenvalue weighted by molar-refractivity contribution is 0.0786. The van der Waals surface area contributed by atoms with E-state index in [9.17, 15) is 14.7 Å². The van der Waals surface area contributed by atoms with Crippen molar-refractivity contribution in [1.82, 2.24) is 9.88 Å². The third-order valence-electron chi connectivity index (χ3n) is 4.77. The number of aromatic nitrogens is 1. The first-order chi connectivity index (χ1) is 14.5. The van der Waals surface area contributed by atoms with E-state index in [1.165, 1.54) is 0 Å². The zero-order chi connectivity index (χ0) is 21.1. The van der Waals surface area contributed by atoms with Gasteiger partial charge in [-0.1, -0.05) is 53.8 Å². The van der Waals surface area contributed by atoms with E-state index in [0.29, 0.717) is 23.4 Å². The highest BCUT2D eigenvalue weighted by molar-refractivity contribution is 7.10. The van der Waals surface area contributed by atoms with E-state index in [4.69, 9.17) is 0 Å². The maximum atomic E-state index is 12.5. The monoisotopic (exact) mass is 436 g/mol. The predicted octanol–water partition coefficient (Wildman–Crippen LogP) is 4.73.